The first-order valence-corrected chi connectivity index (χ1v) is 6.71. The van der Waals surface area contributed by atoms with Gasteiger partial charge in [-0.3, -0.25) is 4.79 Å². The van der Waals surface area contributed by atoms with Crippen LogP contribution in [-0.2, 0) is 9.53 Å². The monoisotopic (exact) mass is 281 g/mol. The van der Waals surface area contributed by atoms with Crippen molar-refractivity contribution in [3.63, 3.8) is 0 Å². The number of benzene rings is 1. The van der Waals surface area contributed by atoms with E-state index in [4.69, 9.17) is 16.3 Å². The Morgan fingerprint density at radius 3 is 2.79 bits per heavy atom. The molecule has 0 aliphatic heterocycles. The Balaban J connectivity index is 2.83. The second-order valence-electron chi connectivity index (χ2n) is 4.26. The summed E-state index contributed by atoms with van der Waals surface area (Å²) in [5, 5.41) is -0.556. The number of carbonyl (C=O) groups is 1. The Kier molecular flexibility index (Phi) is 6.60. The number of rotatable bonds is 7. The van der Waals surface area contributed by atoms with Crippen molar-refractivity contribution < 1.29 is 9.53 Å². The standard InChI is InChI=1S/C15H20ClNO2/c1-4-10-19-11-9-17(15(18)13(3)16)14-8-6-5-7-12(14)2/h4-8,13H,1,9-11H2,2-3H3. The van der Waals surface area contributed by atoms with Gasteiger partial charge in [-0.1, -0.05) is 24.3 Å². The summed E-state index contributed by atoms with van der Waals surface area (Å²) < 4.78 is 5.35. The number of anilines is 1. The molecule has 0 bridgehead atoms. The Morgan fingerprint density at radius 2 is 2.21 bits per heavy atom. The van der Waals surface area contributed by atoms with Crippen molar-refractivity contribution in [2.45, 2.75) is 19.2 Å². The summed E-state index contributed by atoms with van der Waals surface area (Å²) in [5.74, 6) is -0.113. The van der Waals surface area contributed by atoms with Crippen LogP contribution in [0.4, 0.5) is 5.69 Å². The molecule has 1 unspecified atom stereocenters. The van der Waals surface area contributed by atoms with E-state index in [1.807, 2.05) is 31.2 Å². The fourth-order valence-electron chi connectivity index (χ4n) is 1.75. The zero-order valence-electron chi connectivity index (χ0n) is 11.4. The van der Waals surface area contributed by atoms with Gasteiger partial charge in [0.15, 0.2) is 0 Å². The lowest BCUT2D eigenvalue weighted by Gasteiger charge is -2.25. The molecule has 0 radical (unpaired) electrons. The molecule has 19 heavy (non-hydrogen) atoms. The van der Waals surface area contributed by atoms with Gasteiger partial charge < -0.3 is 9.64 Å². The minimum atomic E-state index is -0.556. The number of alkyl halides is 1. The molecule has 1 amide bonds. The van der Waals surface area contributed by atoms with Crippen LogP contribution < -0.4 is 4.90 Å². The lowest BCUT2D eigenvalue weighted by Crippen LogP contribution is -2.38. The van der Waals surface area contributed by atoms with Crippen molar-refractivity contribution in [2.75, 3.05) is 24.7 Å². The van der Waals surface area contributed by atoms with Gasteiger partial charge in [-0.25, -0.2) is 0 Å². The van der Waals surface area contributed by atoms with Crippen molar-refractivity contribution in [2.24, 2.45) is 0 Å². The average Bonchev–Trinajstić information content (AvgIpc) is 2.39. The summed E-state index contributed by atoms with van der Waals surface area (Å²) in [6.45, 7) is 8.65. The van der Waals surface area contributed by atoms with E-state index in [-0.39, 0.29) is 5.91 Å². The van der Waals surface area contributed by atoms with Gasteiger partial charge in [-0.15, -0.1) is 18.2 Å². The Labute approximate surface area is 119 Å². The van der Waals surface area contributed by atoms with E-state index in [0.29, 0.717) is 19.8 Å². The summed E-state index contributed by atoms with van der Waals surface area (Å²) in [4.78, 5) is 13.9. The Bertz CT molecular complexity index is 432. The van der Waals surface area contributed by atoms with Gasteiger partial charge in [0, 0.05) is 12.2 Å². The third-order valence-corrected chi connectivity index (χ3v) is 2.89. The molecule has 0 aliphatic carbocycles. The molecular weight excluding hydrogens is 262 g/mol. The van der Waals surface area contributed by atoms with E-state index in [2.05, 4.69) is 6.58 Å². The number of hydrogen-bond acceptors (Lipinski definition) is 2. The highest BCUT2D eigenvalue weighted by molar-refractivity contribution is 6.32. The molecule has 1 aromatic rings. The molecule has 0 fully saturated rings. The smallest absolute Gasteiger partial charge is 0.244 e. The number of ether oxygens (including phenoxy) is 1. The zero-order chi connectivity index (χ0) is 14.3. The van der Waals surface area contributed by atoms with Gasteiger partial charge >= 0.3 is 0 Å². The molecule has 0 saturated heterocycles. The van der Waals surface area contributed by atoms with Crippen LogP contribution >= 0.6 is 11.6 Å². The van der Waals surface area contributed by atoms with E-state index in [9.17, 15) is 4.79 Å². The molecule has 0 spiro atoms. The van der Waals surface area contributed by atoms with E-state index in [1.54, 1.807) is 17.9 Å². The fraction of sp³-hybridized carbons (Fsp3) is 0.400. The van der Waals surface area contributed by atoms with Crippen LogP contribution in [0, 0.1) is 6.92 Å². The molecule has 1 atom stereocenters. The van der Waals surface area contributed by atoms with Gasteiger partial charge in [0.2, 0.25) is 5.91 Å². The normalized spacial score (nSPS) is 11.9. The molecule has 1 rings (SSSR count). The second-order valence-corrected chi connectivity index (χ2v) is 4.91. The van der Waals surface area contributed by atoms with Crippen molar-refractivity contribution in [1.29, 1.82) is 0 Å². The molecule has 4 heteroatoms. The third kappa shape index (κ3) is 4.69. The van der Waals surface area contributed by atoms with Crippen molar-refractivity contribution in [1.82, 2.24) is 0 Å². The SMILES string of the molecule is C=CCOCCN(C(=O)C(C)Cl)c1ccccc1C. The number of halogens is 1. The van der Waals surface area contributed by atoms with E-state index in [1.165, 1.54) is 0 Å². The maximum absolute atomic E-state index is 12.2. The largest absolute Gasteiger partial charge is 0.376 e. The quantitative estimate of drug-likeness (QED) is 0.436. The highest BCUT2D eigenvalue weighted by atomic mass is 35.5. The van der Waals surface area contributed by atoms with E-state index < -0.39 is 5.38 Å². The summed E-state index contributed by atoms with van der Waals surface area (Å²) in [5.41, 5.74) is 1.92. The number of nitrogens with zero attached hydrogens (tertiary/aromatic N) is 1. The first kappa shape index (κ1) is 15.7. The van der Waals surface area contributed by atoms with Crippen LogP contribution in [0.5, 0.6) is 0 Å². The first-order chi connectivity index (χ1) is 9.07. The minimum Gasteiger partial charge on any atom is -0.376 e. The number of amides is 1. The summed E-state index contributed by atoms with van der Waals surface area (Å²) in [6, 6.07) is 7.74. The summed E-state index contributed by atoms with van der Waals surface area (Å²) in [6.07, 6.45) is 1.68. The molecule has 1 aromatic carbocycles. The van der Waals surface area contributed by atoms with Crippen LogP contribution in [0.25, 0.3) is 0 Å². The Morgan fingerprint density at radius 1 is 1.53 bits per heavy atom. The summed E-state index contributed by atoms with van der Waals surface area (Å²) in [7, 11) is 0. The first-order valence-electron chi connectivity index (χ1n) is 6.27. The number of aryl methyl sites for hydroxylation is 1. The highest BCUT2D eigenvalue weighted by Gasteiger charge is 2.21. The van der Waals surface area contributed by atoms with Crippen LogP contribution in [-0.4, -0.2) is 31.0 Å². The van der Waals surface area contributed by atoms with Gasteiger partial charge in [0.25, 0.3) is 0 Å². The van der Waals surface area contributed by atoms with Gasteiger partial charge in [0.1, 0.15) is 5.38 Å². The maximum Gasteiger partial charge on any atom is 0.244 e. The van der Waals surface area contributed by atoms with Gasteiger partial charge in [-0.05, 0) is 25.5 Å². The Hall–Kier alpha value is -1.32. The van der Waals surface area contributed by atoms with E-state index >= 15 is 0 Å². The van der Waals surface area contributed by atoms with Crippen molar-refractivity contribution in [3.05, 3.63) is 42.5 Å². The van der Waals surface area contributed by atoms with Gasteiger partial charge in [0.05, 0.1) is 13.2 Å². The van der Waals surface area contributed by atoms with Crippen LogP contribution in [0.2, 0.25) is 0 Å². The molecule has 0 aliphatic rings. The lowest BCUT2D eigenvalue weighted by atomic mass is 10.1. The molecule has 104 valence electrons. The van der Waals surface area contributed by atoms with Crippen molar-refractivity contribution in [3.8, 4) is 0 Å². The molecule has 0 N–H and O–H groups in total. The molecule has 0 aromatic heterocycles. The number of carbonyl (C=O) groups excluding carboxylic acids is 1. The van der Waals surface area contributed by atoms with Gasteiger partial charge in [-0.2, -0.15) is 0 Å². The predicted molar refractivity (Wildman–Crippen MR) is 79.9 cm³/mol. The molecule has 0 heterocycles. The third-order valence-electron chi connectivity index (χ3n) is 2.71. The minimum absolute atomic E-state index is 0.113. The van der Waals surface area contributed by atoms with Crippen LogP contribution in [0.1, 0.15) is 12.5 Å². The molecular formula is C15H20ClNO2. The molecule has 0 saturated carbocycles. The highest BCUT2D eigenvalue weighted by Crippen LogP contribution is 2.21. The second kappa shape index (κ2) is 7.97. The van der Waals surface area contributed by atoms with Crippen LogP contribution in [0.3, 0.4) is 0 Å². The topological polar surface area (TPSA) is 29.5 Å². The fourth-order valence-corrected chi connectivity index (χ4v) is 1.87. The lowest BCUT2D eigenvalue weighted by molar-refractivity contribution is -0.118. The number of hydrogen-bond donors (Lipinski definition) is 0. The number of para-hydroxylation sites is 1. The predicted octanol–water partition coefficient (Wildman–Crippen LogP) is 3.16. The van der Waals surface area contributed by atoms with E-state index in [0.717, 1.165) is 11.3 Å². The molecule has 3 nitrogen and oxygen atoms in total. The average molecular weight is 282 g/mol. The van der Waals surface area contributed by atoms with Crippen molar-refractivity contribution >= 4 is 23.2 Å². The maximum atomic E-state index is 12.2. The zero-order valence-corrected chi connectivity index (χ0v) is 12.2. The van der Waals surface area contributed by atoms with Crippen LogP contribution in [0.15, 0.2) is 36.9 Å². The summed E-state index contributed by atoms with van der Waals surface area (Å²) >= 11 is 5.92.